The predicted octanol–water partition coefficient (Wildman–Crippen LogP) is 3.11. The topological polar surface area (TPSA) is 29.3 Å². The lowest BCUT2D eigenvalue weighted by Crippen LogP contribution is -2.57. The zero-order chi connectivity index (χ0) is 12.9. The zero-order valence-corrected chi connectivity index (χ0v) is 12.9. The summed E-state index contributed by atoms with van der Waals surface area (Å²) in [7, 11) is 0. The number of unbranched alkanes of at least 4 members (excludes halogenated alkanes) is 2. The lowest BCUT2D eigenvalue weighted by molar-refractivity contribution is 0.0966. The van der Waals surface area contributed by atoms with Gasteiger partial charge in [0.2, 0.25) is 0 Å². The van der Waals surface area contributed by atoms with E-state index >= 15 is 0 Å². The quantitative estimate of drug-likeness (QED) is 0.742. The van der Waals surface area contributed by atoms with E-state index < -0.39 is 0 Å². The summed E-state index contributed by atoms with van der Waals surface area (Å²) in [5.74, 6) is 0. The first-order valence-corrected chi connectivity index (χ1v) is 8.06. The Morgan fingerprint density at radius 1 is 1.24 bits per heavy atom. The van der Waals surface area contributed by atoms with E-state index in [0.717, 1.165) is 17.0 Å². The predicted molar refractivity (Wildman–Crippen MR) is 79.7 cm³/mol. The minimum atomic E-state index is 0.221. The highest BCUT2D eigenvalue weighted by Crippen LogP contribution is 2.31. The van der Waals surface area contributed by atoms with Gasteiger partial charge in [-0.15, -0.1) is 0 Å². The molecule has 17 heavy (non-hydrogen) atoms. The van der Waals surface area contributed by atoms with Gasteiger partial charge in [-0.05, 0) is 13.3 Å². The first-order chi connectivity index (χ1) is 8.01. The lowest BCUT2D eigenvalue weighted by atomic mass is 9.91. The Labute approximate surface area is 112 Å². The first-order valence-electron chi connectivity index (χ1n) is 7.12. The molecule has 0 aromatic heterocycles. The van der Waals surface area contributed by atoms with Gasteiger partial charge in [0.15, 0.2) is 0 Å². The van der Waals surface area contributed by atoms with E-state index in [1.807, 2.05) is 0 Å². The van der Waals surface area contributed by atoms with Gasteiger partial charge in [-0.3, -0.25) is 4.90 Å². The molecule has 1 aliphatic rings. The maximum absolute atomic E-state index is 6.06. The summed E-state index contributed by atoms with van der Waals surface area (Å²) in [5.41, 5.74) is 6.28. The Hall–Kier alpha value is 0.270. The van der Waals surface area contributed by atoms with Gasteiger partial charge in [0.1, 0.15) is 0 Å². The molecule has 1 rings (SSSR count). The molecule has 3 heteroatoms. The third kappa shape index (κ3) is 4.46. The number of hydrogen-bond acceptors (Lipinski definition) is 3. The average Bonchev–Trinajstić information content (AvgIpc) is 2.28. The van der Waals surface area contributed by atoms with Crippen molar-refractivity contribution >= 4 is 11.8 Å². The van der Waals surface area contributed by atoms with Crippen molar-refractivity contribution < 1.29 is 0 Å². The zero-order valence-electron chi connectivity index (χ0n) is 12.0. The van der Waals surface area contributed by atoms with Crippen LogP contribution in [0, 0.1) is 0 Å². The third-order valence-corrected chi connectivity index (χ3v) is 5.17. The van der Waals surface area contributed by atoms with Gasteiger partial charge in [-0.25, -0.2) is 0 Å². The number of thioether (sulfide) groups is 1. The highest BCUT2D eigenvalue weighted by atomic mass is 32.2. The fourth-order valence-electron chi connectivity index (χ4n) is 2.76. The molecule has 1 aliphatic heterocycles. The summed E-state index contributed by atoms with van der Waals surface area (Å²) in [6.45, 7) is 12.5. The van der Waals surface area contributed by atoms with Crippen LogP contribution in [0.25, 0.3) is 0 Å². The Kier molecular flexibility index (Phi) is 6.32. The molecule has 102 valence electrons. The summed E-state index contributed by atoms with van der Waals surface area (Å²) in [6, 6.07) is 0. The van der Waals surface area contributed by atoms with Crippen LogP contribution in [0.1, 0.15) is 53.4 Å². The molecule has 3 atom stereocenters. The van der Waals surface area contributed by atoms with E-state index in [9.17, 15) is 0 Å². The van der Waals surface area contributed by atoms with Gasteiger partial charge in [0.05, 0.1) is 0 Å². The van der Waals surface area contributed by atoms with Gasteiger partial charge in [-0.2, -0.15) is 11.8 Å². The normalized spacial score (nSPS) is 30.2. The number of nitrogens with zero attached hydrogens (tertiary/aromatic N) is 1. The van der Waals surface area contributed by atoms with Crippen LogP contribution in [0.15, 0.2) is 0 Å². The van der Waals surface area contributed by atoms with Crippen molar-refractivity contribution in [3.63, 3.8) is 0 Å². The molecular formula is C14H30N2S. The second kappa shape index (κ2) is 7.01. The number of rotatable bonds is 6. The van der Waals surface area contributed by atoms with E-state index in [4.69, 9.17) is 5.73 Å². The monoisotopic (exact) mass is 258 g/mol. The van der Waals surface area contributed by atoms with Crippen molar-refractivity contribution in [1.29, 1.82) is 0 Å². The molecule has 3 unspecified atom stereocenters. The summed E-state index contributed by atoms with van der Waals surface area (Å²) in [6.07, 6.45) is 5.20. The average molecular weight is 258 g/mol. The molecule has 1 heterocycles. The smallest absolute Gasteiger partial charge is 0.0304 e. The molecule has 1 fully saturated rings. The minimum Gasteiger partial charge on any atom is -0.329 e. The van der Waals surface area contributed by atoms with Crippen molar-refractivity contribution in [2.24, 2.45) is 5.73 Å². The van der Waals surface area contributed by atoms with Crippen LogP contribution in [0.3, 0.4) is 0 Å². The molecule has 2 N–H and O–H groups in total. The molecule has 0 spiro atoms. The van der Waals surface area contributed by atoms with Crippen LogP contribution in [0.2, 0.25) is 0 Å². The fraction of sp³-hybridized carbons (Fsp3) is 1.00. The summed E-state index contributed by atoms with van der Waals surface area (Å²) in [5, 5.41) is 1.49. The van der Waals surface area contributed by atoms with Gasteiger partial charge >= 0.3 is 0 Å². The van der Waals surface area contributed by atoms with E-state index in [1.165, 1.54) is 38.8 Å². The molecule has 0 aromatic rings. The highest BCUT2D eigenvalue weighted by molar-refractivity contribution is 8.00. The largest absolute Gasteiger partial charge is 0.329 e. The van der Waals surface area contributed by atoms with Crippen molar-refractivity contribution in [1.82, 2.24) is 4.90 Å². The Morgan fingerprint density at radius 3 is 2.29 bits per heavy atom. The van der Waals surface area contributed by atoms with Gasteiger partial charge in [-0.1, -0.05) is 40.0 Å². The Morgan fingerprint density at radius 2 is 1.82 bits per heavy atom. The molecule has 0 amide bonds. The van der Waals surface area contributed by atoms with Crippen LogP contribution in [0.4, 0.5) is 0 Å². The number of hydrogen-bond donors (Lipinski definition) is 1. The maximum atomic E-state index is 6.06. The van der Waals surface area contributed by atoms with E-state index in [-0.39, 0.29) is 5.54 Å². The van der Waals surface area contributed by atoms with Crippen molar-refractivity contribution in [3.8, 4) is 0 Å². The molecular weight excluding hydrogens is 228 g/mol. The van der Waals surface area contributed by atoms with Gasteiger partial charge < -0.3 is 5.73 Å². The van der Waals surface area contributed by atoms with E-state index in [2.05, 4.69) is 44.4 Å². The molecule has 0 radical (unpaired) electrons. The maximum Gasteiger partial charge on any atom is 0.0304 e. The van der Waals surface area contributed by atoms with Crippen LogP contribution in [-0.2, 0) is 0 Å². The molecule has 0 aliphatic carbocycles. The first kappa shape index (κ1) is 15.3. The minimum absolute atomic E-state index is 0.221. The second-order valence-corrected chi connectivity index (χ2v) is 7.70. The molecule has 2 nitrogen and oxygen atoms in total. The molecule has 1 saturated heterocycles. The van der Waals surface area contributed by atoms with Crippen LogP contribution < -0.4 is 5.73 Å². The lowest BCUT2D eigenvalue weighted by Gasteiger charge is -2.46. The Balaban J connectivity index is 2.57. The van der Waals surface area contributed by atoms with Crippen molar-refractivity contribution in [2.75, 3.05) is 19.6 Å². The van der Waals surface area contributed by atoms with Crippen LogP contribution >= 0.6 is 11.8 Å². The number of nitrogens with two attached hydrogens (primary N) is 1. The van der Waals surface area contributed by atoms with Crippen molar-refractivity contribution in [2.45, 2.75) is 69.4 Å². The standard InChI is InChI=1S/C14H30N2S/c1-5-6-7-8-14(4,11-15)16-9-12(2)17-13(3)10-16/h12-13H,5-11,15H2,1-4H3. The van der Waals surface area contributed by atoms with Crippen molar-refractivity contribution in [3.05, 3.63) is 0 Å². The van der Waals surface area contributed by atoms with Crippen LogP contribution in [-0.4, -0.2) is 40.6 Å². The highest BCUT2D eigenvalue weighted by Gasteiger charge is 2.34. The third-order valence-electron chi connectivity index (χ3n) is 3.94. The SMILES string of the molecule is CCCCCC(C)(CN)N1CC(C)SC(C)C1. The van der Waals surface area contributed by atoms with E-state index in [0.29, 0.717) is 0 Å². The molecule has 0 aromatic carbocycles. The van der Waals surface area contributed by atoms with Gasteiger partial charge in [0.25, 0.3) is 0 Å². The molecule has 0 bridgehead atoms. The second-order valence-electron chi connectivity index (χ2n) is 5.82. The van der Waals surface area contributed by atoms with E-state index in [1.54, 1.807) is 0 Å². The summed E-state index contributed by atoms with van der Waals surface area (Å²) >= 11 is 2.12. The fourth-order valence-corrected chi connectivity index (χ4v) is 4.09. The summed E-state index contributed by atoms with van der Waals surface area (Å²) < 4.78 is 0. The summed E-state index contributed by atoms with van der Waals surface area (Å²) in [4.78, 5) is 2.65. The van der Waals surface area contributed by atoms with Gasteiger partial charge in [0, 0.05) is 35.7 Å². The Bertz CT molecular complexity index is 212. The van der Waals surface area contributed by atoms with Crippen LogP contribution in [0.5, 0.6) is 0 Å². The molecule has 0 saturated carbocycles.